The van der Waals surface area contributed by atoms with Gasteiger partial charge in [-0.1, -0.05) is 29.8 Å². The van der Waals surface area contributed by atoms with Gasteiger partial charge >= 0.3 is 6.09 Å². The average molecular weight is 366 g/mol. The molecule has 0 aliphatic rings. The van der Waals surface area contributed by atoms with Crippen molar-refractivity contribution >= 4 is 34.7 Å². The first-order chi connectivity index (χ1) is 12.6. The Kier molecular flexibility index (Phi) is 5.34. The van der Waals surface area contributed by atoms with Crippen molar-refractivity contribution in [3.63, 3.8) is 0 Å². The molecule has 1 heterocycles. The topological polar surface area (TPSA) is 67.4 Å². The molecule has 0 spiro atoms. The lowest BCUT2D eigenvalue weighted by Gasteiger charge is -2.08. The smallest absolute Gasteiger partial charge is 0.411 e. The maximum absolute atomic E-state index is 12.7. The summed E-state index contributed by atoms with van der Waals surface area (Å²) in [6, 6.07) is 16.9. The summed E-state index contributed by atoms with van der Waals surface area (Å²) in [7, 11) is 1.30. The minimum atomic E-state index is -0.539. The zero-order valence-electron chi connectivity index (χ0n) is 14.4. The zero-order valence-corrected chi connectivity index (χ0v) is 15.2. The number of hydrogen-bond donors (Lipinski definition) is 2. The molecule has 1 aromatic heterocycles. The van der Waals surface area contributed by atoms with Gasteiger partial charge in [0.1, 0.15) is 0 Å². The number of hydrogen-bond acceptors (Lipinski definition) is 4. The molecule has 2 amide bonds. The van der Waals surface area contributed by atoms with E-state index in [1.54, 1.807) is 24.3 Å². The molecule has 3 aromatic rings. The number of benzene rings is 2. The molecule has 2 N–H and O–H groups in total. The Hall–Kier alpha value is -3.12. The fourth-order valence-electron chi connectivity index (χ4n) is 2.44. The molecule has 0 saturated carbocycles. The van der Waals surface area contributed by atoms with Crippen LogP contribution in [0.5, 0.6) is 0 Å². The fraction of sp³-hybridized carbons (Fsp3) is 0.100. The maximum atomic E-state index is 12.7. The van der Waals surface area contributed by atoms with Crippen LogP contribution in [0.15, 0.2) is 60.0 Å². The van der Waals surface area contributed by atoms with Crippen LogP contribution in [0.25, 0.3) is 11.1 Å². The summed E-state index contributed by atoms with van der Waals surface area (Å²) in [5.41, 5.74) is 4.34. The Bertz CT molecular complexity index is 915. The summed E-state index contributed by atoms with van der Waals surface area (Å²) >= 11 is 1.40. The van der Waals surface area contributed by atoms with Gasteiger partial charge in [0.15, 0.2) is 0 Å². The molecule has 0 radical (unpaired) electrons. The van der Waals surface area contributed by atoms with Crippen LogP contribution in [0.1, 0.15) is 15.2 Å². The molecule has 0 atom stereocenters. The van der Waals surface area contributed by atoms with Gasteiger partial charge in [-0.3, -0.25) is 10.1 Å². The van der Waals surface area contributed by atoms with E-state index in [1.165, 1.54) is 24.0 Å². The van der Waals surface area contributed by atoms with Crippen molar-refractivity contribution < 1.29 is 14.3 Å². The SMILES string of the molecule is COC(=O)Nc1ccc(NC(=O)c2sccc2-c2ccc(C)cc2)cc1. The van der Waals surface area contributed by atoms with Crippen LogP contribution in [0.4, 0.5) is 16.2 Å². The van der Waals surface area contributed by atoms with Crippen LogP contribution in [-0.2, 0) is 4.74 Å². The third-order valence-corrected chi connectivity index (χ3v) is 4.72. The summed E-state index contributed by atoms with van der Waals surface area (Å²) < 4.78 is 4.54. The van der Waals surface area contributed by atoms with E-state index in [9.17, 15) is 9.59 Å². The molecule has 0 fully saturated rings. The molecule has 0 aliphatic heterocycles. The predicted molar refractivity (Wildman–Crippen MR) is 105 cm³/mol. The Morgan fingerprint density at radius 1 is 0.885 bits per heavy atom. The molecule has 0 bridgehead atoms. The first-order valence-corrected chi connectivity index (χ1v) is 8.85. The monoisotopic (exact) mass is 366 g/mol. The van der Waals surface area contributed by atoms with Crippen molar-refractivity contribution in [1.82, 2.24) is 0 Å². The lowest BCUT2D eigenvalue weighted by atomic mass is 10.0. The maximum Gasteiger partial charge on any atom is 0.411 e. The Balaban J connectivity index is 1.74. The molecule has 26 heavy (non-hydrogen) atoms. The molecule has 0 aliphatic carbocycles. The highest BCUT2D eigenvalue weighted by molar-refractivity contribution is 7.12. The number of carbonyl (C=O) groups is 2. The van der Waals surface area contributed by atoms with Crippen LogP contribution < -0.4 is 10.6 Å². The van der Waals surface area contributed by atoms with Crippen LogP contribution in [0.2, 0.25) is 0 Å². The van der Waals surface area contributed by atoms with Crippen LogP contribution in [-0.4, -0.2) is 19.1 Å². The highest BCUT2D eigenvalue weighted by atomic mass is 32.1. The number of aryl methyl sites for hydroxylation is 1. The lowest BCUT2D eigenvalue weighted by Crippen LogP contribution is -2.12. The predicted octanol–water partition coefficient (Wildman–Crippen LogP) is 5.15. The van der Waals surface area contributed by atoms with E-state index in [4.69, 9.17) is 0 Å². The molecule has 2 aromatic carbocycles. The van der Waals surface area contributed by atoms with Gasteiger partial charge in [-0.2, -0.15) is 0 Å². The van der Waals surface area contributed by atoms with Gasteiger partial charge in [0.05, 0.1) is 12.0 Å². The van der Waals surface area contributed by atoms with Gasteiger partial charge in [0, 0.05) is 16.9 Å². The summed E-state index contributed by atoms with van der Waals surface area (Å²) in [5.74, 6) is -0.163. The van der Waals surface area contributed by atoms with Crippen LogP contribution in [0, 0.1) is 6.92 Å². The molecule has 5 nitrogen and oxygen atoms in total. The van der Waals surface area contributed by atoms with E-state index in [1.807, 2.05) is 42.6 Å². The van der Waals surface area contributed by atoms with E-state index in [0.29, 0.717) is 16.3 Å². The summed E-state index contributed by atoms with van der Waals surface area (Å²) in [5, 5.41) is 7.36. The van der Waals surface area contributed by atoms with Gasteiger partial charge < -0.3 is 10.1 Å². The van der Waals surface area contributed by atoms with Gasteiger partial charge in [-0.25, -0.2) is 4.79 Å². The molecule has 132 valence electrons. The van der Waals surface area contributed by atoms with Crippen LogP contribution in [0.3, 0.4) is 0 Å². The summed E-state index contributed by atoms with van der Waals surface area (Å²) in [6.07, 6.45) is -0.539. The van der Waals surface area contributed by atoms with E-state index in [-0.39, 0.29) is 5.91 Å². The number of anilines is 2. The quantitative estimate of drug-likeness (QED) is 0.671. The second-order valence-corrected chi connectivity index (χ2v) is 6.59. The van der Waals surface area contributed by atoms with E-state index in [0.717, 1.165) is 11.1 Å². The Morgan fingerprint density at radius 3 is 2.12 bits per heavy atom. The Morgan fingerprint density at radius 2 is 1.50 bits per heavy atom. The number of nitrogens with one attached hydrogen (secondary N) is 2. The zero-order chi connectivity index (χ0) is 18.5. The van der Waals surface area contributed by atoms with Crippen molar-refractivity contribution in [1.29, 1.82) is 0 Å². The minimum absolute atomic E-state index is 0.163. The first kappa shape index (κ1) is 17.7. The standard InChI is InChI=1S/C20H18N2O3S/c1-13-3-5-14(6-4-13)17-11-12-26-18(17)19(23)21-15-7-9-16(10-8-15)22-20(24)25-2/h3-12H,1-2H3,(H,21,23)(H,22,24). The van der Waals surface area contributed by atoms with Gasteiger partial charge in [-0.05, 0) is 48.2 Å². The second kappa shape index (κ2) is 7.84. The molecule has 3 rings (SSSR count). The molecular formula is C20H18N2O3S. The largest absolute Gasteiger partial charge is 0.453 e. The van der Waals surface area contributed by atoms with Crippen molar-refractivity contribution in [2.45, 2.75) is 6.92 Å². The Labute approximate surface area is 155 Å². The van der Waals surface area contributed by atoms with Crippen molar-refractivity contribution in [3.05, 3.63) is 70.4 Å². The third-order valence-electron chi connectivity index (χ3n) is 3.81. The van der Waals surface area contributed by atoms with E-state index in [2.05, 4.69) is 15.4 Å². The molecule has 0 unspecified atom stereocenters. The number of amides is 2. The minimum Gasteiger partial charge on any atom is -0.453 e. The highest BCUT2D eigenvalue weighted by Crippen LogP contribution is 2.29. The van der Waals surface area contributed by atoms with Crippen molar-refractivity contribution in [3.8, 4) is 11.1 Å². The van der Waals surface area contributed by atoms with Gasteiger partial charge in [-0.15, -0.1) is 11.3 Å². The number of ether oxygens (including phenoxy) is 1. The lowest BCUT2D eigenvalue weighted by molar-refractivity contribution is 0.103. The second-order valence-electron chi connectivity index (χ2n) is 5.68. The third kappa shape index (κ3) is 4.10. The average Bonchev–Trinajstić information content (AvgIpc) is 3.14. The summed E-state index contributed by atoms with van der Waals surface area (Å²) in [4.78, 5) is 24.5. The molecule has 0 saturated heterocycles. The normalized spacial score (nSPS) is 10.2. The first-order valence-electron chi connectivity index (χ1n) is 7.98. The van der Waals surface area contributed by atoms with Crippen LogP contribution >= 0.6 is 11.3 Å². The fourth-order valence-corrected chi connectivity index (χ4v) is 3.25. The van der Waals surface area contributed by atoms with Gasteiger partial charge in [0.2, 0.25) is 0 Å². The molecule has 6 heteroatoms. The van der Waals surface area contributed by atoms with E-state index < -0.39 is 6.09 Å². The number of carbonyl (C=O) groups excluding carboxylic acids is 2. The summed E-state index contributed by atoms with van der Waals surface area (Å²) in [6.45, 7) is 2.03. The highest BCUT2D eigenvalue weighted by Gasteiger charge is 2.15. The number of rotatable bonds is 4. The van der Waals surface area contributed by atoms with E-state index >= 15 is 0 Å². The number of thiophene rings is 1. The number of methoxy groups -OCH3 is 1. The molecular weight excluding hydrogens is 348 g/mol. The van der Waals surface area contributed by atoms with Crippen molar-refractivity contribution in [2.24, 2.45) is 0 Å². The van der Waals surface area contributed by atoms with Crippen molar-refractivity contribution in [2.75, 3.05) is 17.7 Å². The van der Waals surface area contributed by atoms with Gasteiger partial charge in [0.25, 0.3) is 5.91 Å².